The normalized spacial score (nSPS) is 12.4. The first-order chi connectivity index (χ1) is 12.4. The maximum Gasteiger partial charge on any atom is 0.323 e. The lowest BCUT2D eigenvalue weighted by Gasteiger charge is -2.12. The first-order valence-corrected chi connectivity index (χ1v) is 9.30. The number of aryl methyl sites for hydroxylation is 1. The Morgan fingerprint density at radius 2 is 1.77 bits per heavy atom. The summed E-state index contributed by atoms with van der Waals surface area (Å²) in [6.45, 7) is 0. The van der Waals surface area contributed by atoms with Gasteiger partial charge in [0.25, 0.3) is 11.8 Å². The Morgan fingerprint density at radius 3 is 2.42 bits per heavy atom. The number of hydrogen-bond acceptors (Lipinski definition) is 4. The van der Waals surface area contributed by atoms with Crippen LogP contribution in [0.5, 0.6) is 0 Å². The molecule has 1 aliphatic carbocycles. The third kappa shape index (κ3) is 3.73. The number of halogens is 1. The number of nitrogens with one attached hydrogen (secondary N) is 2. The molecule has 3 rings (SSSR count). The number of thiophene rings is 1. The monoisotopic (exact) mass is 391 g/mol. The van der Waals surface area contributed by atoms with Gasteiger partial charge in [-0.2, -0.15) is 0 Å². The molecule has 2 aromatic rings. The van der Waals surface area contributed by atoms with Gasteiger partial charge in [0.2, 0.25) is 0 Å². The highest BCUT2D eigenvalue weighted by molar-refractivity contribution is 7.17. The van der Waals surface area contributed by atoms with Crippen LogP contribution in [0.15, 0.2) is 24.3 Å². The van der Waals surface area contributed by atoms with E-state index in [4.69, 9.17) is 11.6 Å². The highest BCUT2D eigenvalue weighted by Crippen LogP contribution is 2.39. The molecule has 136 valence electrons. The van der Waals surface area contributed by atoms with Gasteiger partial charge in [-0.1, -0.05) is 11.6 Å². The van der Waals surface area contributed by atoms with Crippen molar-refractivity contribution >= 4 is 45.8 Å². The number of rotatable bonds is 3. The zero-order valence-corrected chi connectivity index (χ0v) is 16.0. The molecule has 6 nitrogen and oxygen atoms in total. The molecule has 0 radical (unpaired) electrons. The van der Waals surface area contributed by atoms with Crippen molar-refractivity contribution in [3.63, 3.8) is 0 Å². The second-order valence-corrected chi connectivity index (χ2v) is 7.72. The van der Waals surface area contributed by atoms with Crippen LogP contribution in [0.25, 0.3) is 0 Å². The summed E-state index contributed by atoms with van der Waals surface area (Å²) in [4.78, 5) is 39.3. The summed E-state index contributed by atoms with van der Waals surface area (Å²) in [5.41, 5.74) is 1.75. The number of carbonyl (C=O) groups is 3. The summed E-state index contributed by atoms with van der Waals surface area (Å²) in [5.74, 6) is -0.816. The van der Waals surface area contributed by atoms with E-state index in [0.717, 1.165) is 29.7 Å². The van der Waals surface area contributed by atoms with Crippen molar-refractivity contribution in [2.45, 2.75) is 19.3 Å². The SMILES string of the molecule is CN(C)C(=O)NC(=O)c1c(NC(=O)c2ccc(Cl)cc2)sc2c1CCC2. The molecule has 0 unspecified atom stereocenters. The lowest BCUT2D eigenvalue weighted by atomic mass is 10.1. The quantitative estimate of drug-likeness (QED) is 0.839. The Morgan fingerprint density at radius 1 is 1.08 bits per heavy atom. The summed E-state index contributed by atoms with van der Waals surface area (Å²) < 4.78 is 0. The van der Waals surface area contributed by atoms with Gasteiger partial charge in [-0.15, -0.1) is 11.3 Å². The maximum atomic E-state index is 12.6. The maximum absolute atomic E-state index is 12.6. The van der Waals surface area contributed by atoms with Crippen LogP contribution in [-0.4, -0.2) is 36.8 Å². The van der Waals surface area contributed by atoms with Crippen molar-refractivity contribution in [3.8, 4) is 0 Å². The summed E-state index contributed by atoms with van der Waals surface area (Å²) in [5, 5.41) is 6.18. The van der Waals surface area contributed by atoms with Crippen LogP contribution in [0.3, 0.4) is 0 Å². The van der Waals surface area contributed by atoms with E-state index in [-0.39, 0.29) is 5.91 Å². The zero-order chi connectivity index (χ0) is 18.8. The molecule has 2 N–H and O–H groups in total. The second kappa shape index (κ2) is 7.47. The van der Waals surface area contributed by atoms with Gasteiger partial charge in [0.05, 0.1) is 5.56 Å². The van der Waals surface area contributed by atoms with Gasteiger partial charge in [0.1, 0.15) is 5.00 Å². The molecule has 4 amide bonds. The van der Waals surface area contributed by atoms with Crippen molar-refractivity contribution in [2.75, 3.05) is 19.4 Å². The Labute approximate surface area is 160 Å². The number of imide groups is 1. The second-order valence-electron chi connectivity index (χ2n) is 6.18. The molecule has 1 heterocycles. The Bertz CT molecular complexity index is 875. The van der Waals surface area contributed by atoms with Crippen LogP contribution in [0, 0.1) is 0 Å². The molecule has 0 aliphatic heterocycles. The molecule has 0 bridgehead atoms. The predicted molar refractivity (Wildman–Crippen MR) is 102 cm³/mol. The molecule has 1 aromatic heterocycles. The molecular formula is C18H18ClN3O3S. The molecule has 1 aromatic carbocycles. The largest absolute Gasteiger partial charge is 0.331 e. The lowest BCUT2D eigenvalue weighted by molar-refractivity contribution is 0.0957. The minimum absolute atomic E-state index is 0.324. The Balaban J connectivity index is 1.87. The Kier molecular flexibility index (Phi) is 5.29. The molecule has 0 saturated heterocycles. The van der Waals surface area contributed by atoms with Crippen LogP contribution >= 0.6 is 22.9 Å². The van der Waals surface area contributed by atoms with Crippen LogP contribution in [0.2, 0.25) is 5.02 Å². The molecular weight excluding hydrogens is 374 g/mol. The van der Waals surface area contributed by atoms with Crippen LogP contribution in [0.4, 0.5) is 9.80 Å². The zero-order valence-electron chi connectivity index (χ0n) is 14.4. The molecule has 1 aliphatic rings. The summed E-state index contributed by atoms with van der Waals surface area (Å²) in [7, 11) is 3.12. The molecule has 8 heteroatoms. The van der Waals surface area contributed by atoms with Crippen molar-refractivity contribution in [1.82, 2.24) is 10.2 Å². The van der Waals surface area contributed by atoms with E-state index < -0.39 is 11.9 Å². The van der Waals surface area contributed by atoms with E-state index in [1.54, 1.807) is 38.4 Å². The van der Waals surface area contributed by atoms with E-state index >= 15 is 0 Å². The van der Waals surface area contributed by atoms with E-state index in [0.29, 0.717) is 21.2 Å². The number of benzene rings is 1. The predicted octanol–water partition coefficient (Wildman–Crippen LogP) is 3.55. The number of fused-ring (bicyclic) bond motifs is 1. The van der Waals surface area contributed by atoms with E-state index in [9.17, 15) is 14.4 Å². The number of carbonyl (C=O) groups excluding carboxylic acids is 3. The van der Waals surface area contributed by atoms with Crippen LogP contribution in [-0.2, 0) is 12.8 Å². The first kappa shape index (κ1) is 18.4. The third-order valence-electron chi connectivity index (χ3n) is 4.11. The van der Waals surface area contributed by atoms with Crippen LogP contribution in [0.1, 0.15) is 37.6 Å². The number of urea groups is 1. The average Bonchev–Trinajstić information content (AvgIpc) is 3.15. The van der Waals surface area contributed by atoms with Crippen molar-refractivity contribution in [1.29, 1.82) is 0 Å². The van der Waals surface area contributed by atoms with E-state index in [1.165, 1.54) is 16.2 Å². The lowest BCUT2D eigenvalue weighted by Crippen LogP contribution is -2.39. The standard InChI is InChI=1S/C18H18ClN3O3S/c1-22(2)18(25)21-16(24)14-12-4-3-5-13(12)26-17(14)20-15(23)10-6-8-11(19)9-7-10/h6-9H,3-5H2,1-2H3,(H,20,23)(H,21,24,25). The number of anilines is 1. The third-order valence-corrected chi connectivity index (χ3v) is 5.57. The average molecular weight is 392 g/mol. The Hall–Kier alpha value is -2.38. The number of hydrogen-bond donors (Lipinski definition) is 2. The van der Waals surface area contributed by atoms with Crippen molar-refractivity contribution < 1.29 is 14.4 Å². The highest BCUT2D eigenvalue weighted by atomic mass is 35.5. The molecule has 26 heavy (non-hydrogen) atoms. The van der Waals surface area contributed by atoms with Gasteiger partial charge < -0.3 is 10.2 Å². The van der Waals surface area contributed by atoms with E-state index in [2.05, 4.69) is 10.6 Å². The fraction of sp³-hybridized carbons (Fsp3) is 0.278. The summed E-state index contributed by atoms with van der Waals surface area (Å²) in [6.07, 6.45) is 2.61. The van der Waals surface area contributed by atoms with Crippen LogP contribution < -0.4 is 10.6 Å². The smallest absolute Gasteiger partial charge is 0.323 e. The molecule has 0 spiro atoms. The number of amides is 4. The first-order valence-electron chi connectivity index (χ1n) is 8.11. The highest BCUT2D eigenvalue weighted by Gasteiger charge is 2.28. The van der Waals surface area contributed by atoms with Gasteiger partial charge in [-0.25, -0.2) is 4.79 Å². The fourth-order valence-corrected chi connectivity index (χ4v) is 4.19. The van der Waals surface area contributed by atoms with Gasteiger partial charge in [-0.3, -0.25) is 14.9 Å². The van der Waals surface area contributed by atoms with Gasteiger partial charge >= 0.3 is 6.03 Å². The van der Waals surface area contributed by atoms with Gasteiger partial charge in [-0.05, 0) is 49.1 Å². The minimum atomic E-state index is -0.497. The minimum Gasteiger partial charge on any atom is -0.331 e. The molecule has 0 saturated carbocycles. The van der Waals surface area contributed by atoms with Gasteiger partial charge in [0.15, 0.2) is 0 Å². The van der Waals surface area contributed by atoms with Crippen molar-refractivity contribution in [2.24, 2.45) is 0 Å². The van der Waals surface area contributed by atoms with Crippen molar-refractivity contribution in [3.05, 3.63) is 50.9 Å². The van der Waals surface area contributed by atoms with E-state index in [1.807, 2.05) is 0 Å². The molecule has 0 fully saturated rings. The summed E-state index contributed by atoms with van der Waals surface area (Å²) >= 11 is 7.24. The molecule has 0 atom stereocenters. The number of nitrogens with zero attached hydrogens (tertiary/aromatic N) is 1. The topological polar surface area (TPSA) is 78.5 Å². The summed E-state index contributed by atoms with van der Waals surface area (Å²) in [6, 6.07) is 6.01. The fourth-order valence-electron chi connectivity index (χ4n) is 2.78. The van der Waals surface area contributed by atoms with Gasteiger partial charge in [0, 0.05) is 29.6 Å².